The minimum atomic E-state index is -0.608. The summed E-state index contributed by atoms with van der Waals surface area (Å²) < 4.78 is 0. The molecule has 0 aliphatic heterocycles. The fourth-order valence-corrected chi connectivity index (χ4v) is 9.90. The highest BCUT2D eigenvalue weighted by atomic mass is 35.5. The summed E-state index contributed by atoms with van der Waals surface area (Å²) in [6, 6.07) is 0. The van der Waals surface area contributed by atoms with Gasteiger partial charge in [-0.25, -0.2) is 4.85 Å². The Morgan fingerprint density at radius 2 is 1.69 bits per heavy atom. The minimum Gasteiger partial charge on any atom is -0.308 e. The van der Waals surface area contributed by atoms with Crippen molar-refractivity contribution in [2.24, 2.45) is 50.7 Å². The second-order valence-electron chi connectivity index (χ2n) is 13.8. The Kier molecular flexibility index (Phi) is 5.28. The summed E-state index contributed by atoms with van der Waals surface area (Å²) in [5.74, 6) is -0.372. The molecule has 0 amide bonds. The van der Waals surface area contributed by atoms with Gasteiger partial charge in [0.15, 0.2) is 11.6 Å². The number of halogens is 1. The smallest absolute Gasteiger partial charge is 0.228 e. The van der Waals surface area contributed by atoms with Gasteiger partial charge in [0.2, 0.25) is 10.9 Å². The highest BCUT2D eigenvalue weighted by Gasteiger charge is 2.69. The molecule has 0 unspecified atom stereocenters. The van der Waals surface area contributed by atoms with Crippen LogP contribution in [0.15, 0.2) is 23.4 Å². The van der Waals surface area contributed by atoms with Gasteiger partial charge in [0.1, 0.15) is 0 Å². The number of fused-ring (bicyclic) bond motifs is 7. The van der Waals surface area contributed by atoms with Crippen LogP contribution in [0.5, 0.6) is 0 Å². The van der Waals surface area contributed by atoms with E-state index in [9.17, 15) is 14.4 Å². The highest BCUT2D eigenvalue weighted by molar-refractivity contribution is 6.64. The molecule has 5 heteroatoms. The van der Waals surface area contributed by atoms with Gasteiger partial charge in [-0.05, 0) is 90.7 Å². The first kappa shape index (κ1) is 24.9. The van der Waals surface area contributed by atoms with E-state index in [0.717, 1.165) is 50.5 Å². The maximum atomic E-state index is 14.2. The first-order valence-corrected chi connectivity index (χ1v) is 13.7. The molecule has 0 radical (unpaired) electrons. The number of carbonyl (C=O) groups is 3. The van der Waals surface area contributed by atoms with E-state index in [0.29, 0.717) is 0 Å². The molecule has 0 N–H and O–H groups in total. The maximum absolute atomic E-state index is 14.2. The Morgan fingerprint density at radius 1 is 1.03 bits per heavy atom. The molecule has 0 heterocycles. The van der Waals surface area contributed by atoms with E-state index in [-0.39, 0.29) is 62.4 Å². The summed E-state index contributed by atoms with van der Waals surface area (Å²) in [6.45, 7) is 20.8. The van der Waals surface area contributed by atoms with Gasteiger partial charge < -0.3 is 4.79 Å². The fraction of sp³-hybridized carbons (Fsp3) is 0.733. The molecule has 0 aromatic heterocycles. The van der Waals surface area contributed by atoms with Gasteiger partial charge in [-0.3, -0.25) is 9.59 Å². The van der Waals surface area contributed by atoms with Crippen molar-refractivity contribution in [3.63, 3.8) is 0 Å². The monoisotopic (exact) mass is 495 g/mol. The third-order valence-corrected chi connectivity index (χ3v) is 12.3. The van der Waals surface area contributed by atoms with E-state index < -0.39 is 10.8 Å². The lowest BCUT2D eigenvalue weighted by molar-refractivity contribution is -0.172. The molecular weight excluding hydrogens is 458 g/mol. The van der Waals surface area contributed by atoms with Crippen LogP contribution in [0.4, 0.5) is 0 Å². The molecule has 3 saturated carbocycles. The predicted molar refractivity (Wildman–Crippen MR) is 136 cm³/mol. The van der Waals surface area contributed by atoms with Gasteiger partial charge in [0, 0.05) is 22.7 Å². The van der Waals surface area contributed by atoms with E-state index >= 15 is 0 Å². The summed E-state index contributed by atoms with van der Waals surface area (Å²) in [7, 11) is 0. The van der Waals surface area contributed by atoms with Crippen LogP contribution in [0.3, 0.4) is 0 Å². The molecule has 0 bridgehead atoms. The normalized spacial score (nSPS) is 48.3. The van der Waals surface area contributed by atoms with Gasteiger partial charge >= 0.3 is 0 Å². The third-order valence-electron chi connectivity index (χ3n) is 11.9. The van der Waals surface area contributed by atoms with Crippen molar-refractivity contribution >= 4 is 28.4 Å². The van der Waals surface area contributed by atoms with Crippen molar-refractivity contribution in [1.29, 1.82) is 0 Å². The van der Waals surface area contributed by atoms with Crippen molar-refractivity contribution in [2.45, 2.75) is 86.5 Å². The lowest BCUT2D eigenvalue weighted by Gasteiger charge is -2.68. The van der Waals surface area contributed by atoms with Gasteiger partial charge in [0.25, 0.3) is 0 Å². The van der Waals surface area contributed by atoms with Gasteiger partial charge in [-0.1, -0.05) is 53.2 Å². The van der Waals surface area contributed by atoms with Crippen LogP contribution in [-0.4, -0.2) is 16.8 Å². The zero-order valence-corrected chi connectivity index (χ0v) is 22.7. The third kappa shape index (κ3) is 3.00. The minimum absolute atomic E-state index is 0.0520. The van der Waals surface area contributed by atoms with E-state index in [2.05, 4.69) is 39.5 Å². The Morgan fingerprint density at radius 3 is 2.31 bits per heavy atom. The molecule has 0 aromatic carbocycles. The molecule has 35 heavy (non-hydrogen) atoms. The van der Waals surface area contributed by atoms with E-state index in [1.54, 1.807) is 0 Å². The molecule has 0 aromatic rings. The summed E-state index contributed by atoms with van der Waals surface area (Å²) >= 11 is 6.35. The second-order valence-corrected chi connectivity index (χ2v) is 14.2. The Hall–Kier alpha value is -1.73. The van der Waals surface area contributed by atoms with Gasteiger partial charge in [-0.15, -0.1) is 0 Å². The largest absolute Gasteiger partial charge is 0.308 e. The van der Waals surface area contributed by atoms with Crippen molar-refractivity contribution in [1.82, 2.24) is 0 Å². The van der Waals surface area contributed by atoms with Crippen molar-refractivity contribution < 1.29 is 14.4 Å². The second kappa shape index (κ2) is 7.41. The topological polar surface area (TPSA) is 55.6 Å². The number of carbonyl (C=O) groups excluding carboxylic acids is 3. The Bertz CT molecular complexity index is 1140. The average Bonchev–Trinajstić information content (AvgIpc) is 2.77. The average molecular weight is 496 g/mol. The Balaban J connectivity index is 1.70. The van der Waals surface area contributed by atoms with E-state index in [1.165, 1.54) is 0 Å². The first-order chi connectivity index (χ1) is 16.2. The number of Topliss-reactive ketones (excluding diaryl/α,β-unsaturated/α-hetero) is 1. The van der Waals surface area contributed by atoms with Gasteiger partial charge in [0.05, 0.1) is 6.57 Å². The van der Waals surface area contributed by atoms with Gasteiger partial charge in [-0.2, -0.15) is 0 Å². The van der Waals surface area contributed by atoms with Crippen LogP contribution in [-0.2, 0) is 14.4 Å². The summed E-state index contributed by atoms with van der Waals surface area (Å²) in [6.07, 6.45) is 9.65. The van der Waals surface area contributed by atoms with Crippen LogP contribution in [0.25, 0.3) is 4.85 Å². The van der Waals surface area contributed by atoms with Crippen LogP contribution in [0.1, 0.15) is 86.5 Å². The standard InChI is InChI=1S/C30H38ClNO3/c1-17-18-8-9-28(5)22(27(18,4)16-20(32-7)24(17)34)14-21(33)23-19-15-26(2,3)10-12-30(19,25(31)35)13-11-29(23,28)6/h14,16-19,23H,8-13,15H2,1-6H3/t17-,18-,19-,23-,27-,28+,29+,30-/m0/s1. The van der Waals surface area contributed by atoms with Crippen molar-refractivity contribution in [2.75, 3.05) is 0 Å². The zero-order valence-electron chi connectivity index (χ0n) is 22.0. The first-order valence-electron chi connectivity index (χ1n) is 13.3. The fourth-order valence-electron chi connectivity index (χ4n) is 9.57. The molecule has 4 nitrogen and oxygen atoms in total. The molecule has 5 aliphatic rings. The number of allylic oxidation sites excluding steroid dienone is 4. The van der Waals surface area contributed by atoms with E-state index in [4.69, 9.17) is 18.2 Å². The summed E-state index contributed by atoms with van der Waals surface area (Å²) in [5.41, 5.74) is -0.262. The van der Waals surface area contributed by atoms with Crippen LogP contribution in [0.2, 0.25) is 0 Å². The van der Waals surface area contributed by atoms with Crippen molar-refractivity contribution in [3.05, 3.63) is 34.8 Å². The lowest BCUT2D eigenvalue weighted by Crippen LogP contribution is -2.65. The maximum Gasteiger partial charge on any atom is 0.228 e. The van der Waals surface area contributed by atoms with Crippen LogP contribution in [0, 0.1) is 57.3 Å². The molecule has 5 rings (SSSR count). The predicted octanol–water partition coefficient (Wildman–Crippen LogP) is 6.93. The molecule has 0 spiro atoms. The molecule has 5 aliphatic carbocycles. The SMILES string of the molecule is [C-]#[N+]C1=C[C@]2(C)C3=CC(=O)[C@@H]4[C@@H]5CC(C)(C)CC[C@]5(C(=O)Cl)CC[C@@]4(C)[C@]3(C)CC[C@H]2[C@H](C)C1=O. The van der Waals surface area contributed by atoms with E-state index in [1.807, 2.05) is 19.1 Å². The number of rotatable bonds is 1. The molecule has 0 saturated heterocycles. The Labute approximate surface area is 214 Å². The van der Waals surface area contributed by atoms with Crippen molar-refractivity contribution in [3.8, 4) is 0 Å². The molecular formula is C30H38ClNO3. The number of hydrogen-bond donors (Lipinski definition) is 0. The van der Waals surface area contributed by atoms with Crippen LogP contribution < -0.4 is 0 Å². The molecule has 188 valence electrons. The zero-order chi connectivity index (χ0) is 25.8. The molecule has 3 fully saturated rings. The summed E-state index contributed by atoms with van der Waals surface area (Å²) in [4.78, 5) is 43.6. The van der Waals surface area contributed by atoms with Crippen LogP contribution >= 0.6 is 11.6 Å². The number of hydrogen-bond acceptors (Lipinski definition) is 3. The summed E-state index contributed by atoms with van der Waals surface area (Å²) in [5, 5.41) is -0.257. The number of ketones is 2. The highest BCUT2D eigenvalue weighted by Crippen LogP contribution is 2.74. The molecule has 8 atom stereocenters. The lowest BCUT2D eigenvalue weighted by atomic mass is 9.35. The quantitative estimate of drug-likeness (QED) is 0.292. The number of nitrogens with zero attached hydrogens (tertiary/aromatic N) is 1.